The fourth-order valence-electron chi connectivity index (χ4n) is 3.95. The lowest BCUT2D eigenvalue weighted by Crippen LogP contribution is -2.33. The number of amides is 2. The number of nitrogens with zero attached hydrogens (tertiary/aromatic N) is 2. The van der Waals surface area contributed by atoms with Gasteiger partial charge in [0.2, 0.25) is 11.8 Å². The van der Waals surface area contributed by atoms with Crippen LogP contribution in [0.3, 0.4) is 0 Å². The number of hydrogen-bond acceptors (Lipinski definition) is 5. The van der Waals surface area contributed by atoms with Gasteiger partial charge >= 0.3 is 5.97 Å². The fourth-order valence-corrected chi connectivity index (χ4v) is 3.95. The summed E-state index contributed by atoms with van der Waals surface area (Å²) in [4.78, 5) is 45.4. The average Bonchev–Trinajstić information content (AvgIpc) is 3.18. The van der Waals surface area contributed by atoms with Crippen molar-refractivity contribution in [3.05, 3.63) is 30.1 Å². The number of nitrogens with one attached hydrogen (secondary N) is 1. The third-order valence-electron chi connectivity index (χ3n) is 5.28. The minimum absolute atomic E-state index is 0.0111. The lowest BCUT2D eigenvalue weighted by atomic mass is 9.81. The fraction of sp³-hybridized carbons (Fsp3) is 0.474. The predicted molar refractivity (Wildman–Crippen MR) is 92.7 cm³/mol. The van der Waals surface area contributed by atoms with E-state index in [9.17, 15) is 14.4 Å². The van der Waals surface area contributed by atoms with Gasteiger partial charge in [-0.2, -0.15) is 0 Å². The Morgan fingerprint density at radius 2 is 1.85 bits per heavy atom. The number of ether oxygens (including phenoxy) is 1. The van der Waals surface area contributed by atoms with Crippen LogP contribution in [0.15, 0.2) is 24.3 Å². The van der Waals surface area contributed by atoms with Gasteiger partial charge in [-0.3, -0.25) is 19.3 Å². The summed E-state index contributed by atoms with van der Waals surface area (Å²) in [7, 11) is 0. The number of aromatic nitrogens is 2. The summed E-state index contributed by atoms with van der Waals surface area (Å²) in [6.07, 6.45) is 3.56. The monoisotopic (exact) mass is 355 g/mol. The van der Waals surface area contributed by atoms with Gasteiger partial charge in [0.05, 0.1) is 29.3 Å². The first kappa shape index (κ1) is 16.8. The number of aromatic amines is 1. The van der Waals surface area contributed by atoms with Gasteiger partial charge in [0.25, 0.3) is 0 Å². The van der Waals surface area contributed by atoms with E-state index in [2.05, 4.69) is 9.97 Å². The highest BCUT2D eigenvalue weighted by Gasteiger charge is 2.47. The maximum absolute atomic E-state index is 12.4. The molecule has 1 aromatic heterocycles. The van der Waals surface area contributed by atoms with E-state index in [1.807, 2.05) is 24.3 Å². The Bertz CT molecular complexity index is 802. The first-order valence-electron chi connectivity index (χ1n) is 9.08. The van der Waals surface area contributed by atoms with Gasteiger partial charge < -0.3 is 9.72 Å². The van der Waals surface area contributed by atoms with Crippen LogP contribution in [0.2, 0.25) is 0 Å². The smallest absolute Gasteiger partial charge is 0.308 e. The van der Waals surface area contributed by atoms with Crippen LogP contribution >= 0.6 is 0 Å². The van der Waals surface area contributed by atoms with Crippen molar-refractivity contribution in [1.82, 2.24) is 14.9 Å². The zero-order valence-corrected chi connectivity index (χ0v) is 14.4. The van der Waals surface area contributed by atoms with Crippen molar-refractivity contribution >= 4 is 28.8 Å². The summed E-state index contributed by atoms with van der Waals surface area (Å²) in [6, 6.07) is 7.57. The molecule has 2 fully saturated rings. The average molecular weight is 355 g/mol. The number of carbonyl (C=O) groups excluding carboxylic acids is 3. The molecule has 0 spiro atoms. The number of benzene rings is 1. The van der Waals surface area contributed by atoms with Gasteiger partial charge in [0.15, 0.2) is 0 Å². The molecule has 1 saturated carbocycles. The van der Waals surface area contributed by atoms with E-state index in [0.717, 1.165) is 36.7 Å². The van der Waals surface area contributed by atoms with Gasteiger partial charge in [0, 0.05) is 6.54 Å². The highest BCUT2D eigenvalue weighted by atomic mass is 16.5. The number of likely N-dealkylation sites (tertiary alicyclic amines) is 1. The molecule has 7 nitrogen and oxygen atoms in total. The molecule has 2 amide bonds. The van der Waals surface area contributed by atoms with Crippen LogP contribution in [0.25, 0.3) is 11.0 Å². The zero-order valence-electron chi connectivity index (χ0n) is 14.4. The first-order valence-corrected chi connectivity index (χ1v) is 9.08. The summed E-state index contributed by atoms with van der Waals surface area (Å²) in [6.45, 7) is 0.143. The molecule has 1 N–H and O–H groups in total. The molecule has 26 heavy (non-hydrogen) atoms. The minimum atomic E-state index is -0.444. The van der Waals surface area contributed by atoms with Crippen LogP contribution in [-0.2, 0) is 25.7 Å². The number of hydrogen-bond donors (Lipinski definition) is 1. The van der Waals surface area contributed by atoms with E-state index < -0.39 is 5.97 Å². The van der Waals surface area contributed by atoms with Gasteiger partial charge in [-0.15, -0.1) is 0 Å². The number of para-hydroxylation sites is 2. The lowest BCUT2D eigenvalue weighted by molar-refractivity contribution is -0.147. The molecule has 136 valence electrons. The summed E-state index contributed by atoms with van der Waals surface area (Å²) < 4.78 is 5.22. The van der Waals surface area contributed by atoms with Crippen molar-refractivity contribution in [2.45, 2.75) is 38.7 Å². The largest absolute Gasteiger partial charge is 0.457 e. The predicted octanol–water partition coefficient (Wildman–Crippen LogP) is 2.17. The number of rotatable bonds is 5. The summed E-state index contributed by atoms with van der Waals surface area (Å²) in [5.41, 5.74) is 1.70. The van der Waals surface area contributed by atoms with Gasteiger partial charge in [0.1, 0.15) is 12.4 Å². The third-order valence-corrected chi connectivity index (χ3v) is 5.28. The van der Waals surface area contributed by atoms with Crippen LogP contribution in [-0.4, -0.2) is 39.2 Å². The molecule has 1 saturated heterocycles. The Labute approximate surface area is 150 Å². The summed E-state index contributed by atoms with van der Waals surface area (Å²) in [5.74, 6) is -0.472. The van der Waals surface area contributed by atoms with Crippen molar-refractivity contribution in [3.8, 4) is 0 Å². The maximum atomic E-state index is 12.4. The second kappa shape index (κ2) is 6.90. The molecule has 0 unspecified atom stereocenters. The van der Waals surface area contributed by atoms with Crippen LogP contribution < -0.4 is 0 Å². The molecule has 2 atom stereocenters. The number of imidazole rings is 1. The third kappa shape index (κ3) is 3.09. The molecule has 2 aliphatic rings. The normalized spacial score (nSPS) is 22.7. The molecular weight excluding hydrogens is 334 g/mol. The summed E-state index contributed by atoms with van der Waals surface area (Å²) in [5, 5.41) is 0. The molecular formula is C19H21N3O4. The van der Waals surface area contributed by atoms with Crippen LogP contribution in [0.1, 0.15) is 37.9 Å². The quantitative estimate of drug-likeness (QED) is 0.655. The van der Waals surface area contributed by atoms with Crippen LogP contribution in [0.4, 0.5) is 0 Å². The van der Waals surface area contributed by atoms with Crippen molar-refractivity contribution in [1.29, 1.82) is 0 Å². The van der Waals surface area contributed by atoms with Crippen molar-refractivity contribution in [2.75, 3.05) is 6.54 Å². The Morgan fingerprint density at radius 1 is 1.15 bits per heavy atom. The molecule has 0 bridgehead atoms. The van der Waals surface area contributed by atoms with E-state index in [1.165, 1.54) is 4.90 Å². The number of H-pyrrole nitrogens is 1. The van der Waals surface area contributed by atoms with Crippen molar-refractivity contribution < 1.29 is 19.1 Å². The van der Waals surface area contributed by atoms with E-state index >= 15 is 0 Å². The van der Waals surface area contributed by atoms with Crippen LogP contribution in [0, 0.1) is 11.8 Å². The van der Waals surface area contributed by atoms with E-state index in [-0.39, 0.29) is 43.2 Å². The lowest BCUT2D eigenvalue weighted by Gasteiger charge is -2.19. The Hall–Kier alpha value is -2.70. The highest BCUT2D eigenvalue weighted by molar-refractivity contribution is 6.05. The maximum Gasteiger partial charge on any atom is 0.308 e. The van der Waals surface area contributed by atoms with E-state index in [0.29, 0.717) is 5.82 Å². The SMILES string of the molecule is O=C(CCN1C(=O)[C@H]2CCCC[C@H]2C1=O)OCc1nc2ccccc2[nH]1. The molecule has 1 aliphatic carbocycles. The van der Waals surface area contributed by atoms with Gasteiger partial charge in [-0.1, -0.05) is 25.0 Å². The van der Waals surface area contributed by atoms with E-state index in [1.54, 1.807) is 0 Å². The minimum Gasteiger partial charge on any atom is -0.457 e. The van der Waals surface area contributed by atoms with Gasteiger partial charge in [-0.05, 0) is 25.0 Å². The molecule has 1 aromatic carbocycles. The molecule has 1 aliphatic heterocycles. The van der Waals surface area contributed by atoms with Gasteiger partial charge in [-0.25, -0.2) is 4.98 Å². The van der Waals surface area contributed by atoms with Crippen LogP contribution in [0.5, 0.6) is 0 Å². The Morgan fingerprint density at radius 3 is 2.54 bits per heavy atom. The standard InChI is InChI=1S/C19H21N3O4/c23-17(26-11-16-20-14-7-3-4-8-15(14)21-16)9-10-22-18(24)12-5-1-2-6-13(12)19(22)25/h3-4,7-8,12-13H,1-2,5-6,9-11H2,(H,20,21)/t12-,13+. The zero-order chi connectivity index (χ0) is 18.1. The second-order valence-electron chi connectivity index (χ2n) is 6.94. The Balaban J connectivity index is 1.30. The first-order chi connectivity index (χ1) is 12.6. The molecule has 4 rings (SSSR count). The van der Waals surface area contributed by atoms with E-state index in [4.69, 9.17) is 4.74 Å². The highest BCUT2D eigenvalue weighted by Crippen LogP contribution is 2.37. The van der Waals surface area contributed by atoms with Crippen molar-refractivity contribution in [3.63, 3.8) is 0 Å². The number of imide groups is 1. The summed E-state index contributed by atoms with van der Waals surface area (Å²) >= 11 is 0. The topological polar surface area (TPSA) is 92.4 Å². The molecule has 7 heteroatoms. The molecule has 2 heterocycles. The Kier molecular flexibility index (Phi) is 4.44. The molecule has 2 aromatic rings. The second-order valence-corrected chi connectivity index (χ2v) is 6.94. The molecule has 0 radical (unpaired) electrons. The number of esters is 1. The number of carbonyl (C=O) groups is 3. The van der Waals surface area contributed by atoms with Crippen molar-refractivity contribution in [2.24, 2.45) is 11.8 Å². The number of fused-ring (bicyclic) bond motifs is 2.